The minimum atomic E-state index is -0.393. The van der Waals surface area contributed by atoms with E-state index in [2.05, 4.69) is 12.2 Å². The first-order valence-electron chi connectivity index (χ1n) is 5.61. The summed E-state index contributed by atoms with van der Waals surface area (Å²) in [4.78, 5) is 11.5. The van der Waals surface area contributed by atoms with E-state index in [1.807, 2.05) is 0 Å². The molecule has 0 aromatic rings. The van der Waals surface area contributed by atoms with Crippen LogP contribution in [0, 0.1) is 0 Å². The highest BCUT2D eigenvalue weighted by Crippen LogP contribution is 2.26. The van der Waals surface area contributed by atoms with Crippen molar-refractivity contribution >= 4 is 18.3 Å². The molecule has 3 N–H and O–H groups in total. The van der Waals surface area contributed by atoms with Crippen LogP contribution >= 0.6 is 12.4 Å². The van der Waals surface area contributed by atoms with Gasteiger partial charge in [-0.1, -0.05) is 25.7 Å². The Morgan fingerprint density at radius 2 is 1.73 bits per heavy atom. The molecule has 0 unspecified atom stereocenters. The summed E-state index contributed by atoms with van der Waals surface area (Å²) in [5, 5.41) is 3.07. The number of halogens is 1. The van der Waals surface area contributed by atoms with Crippen LogP contribution in [0.4, 0.5) is 0 Å². The molecule has 15 heavy (non-hydrogen) atoms. The molecule has 1 rings (SSSR count). The smallest absolute Gasteiger partial charge is 0.237 e. The molecule has 0 bridgehead atoms. The average molecular weight is 235 g/mol. The summed E-state index contributed by atoms with van der Waals surface area (Å²) in [6, 6.07) is -0.393. The average Bonchev–Trinajstić information content (AvgIpc) is 2.30. The van der Waals surface area contributed by atoms with Gasteiger partial charge in [0.2, 0.25) is 5.91 Å². The molecule has 1 amide bonds. The van der Waals surface area contributed by atoms with Crippen molar-refractivity contribution in [3.63, 3.8) is 0 Å². The number of carbonyl (C=O) groups excluding carboxylic acids is 1. The Kier molecular flexibility index (Phi) is 6.22. The number of hydrogen-bond donors (Lipinski definition) is 2. The molecule has 0 spiro atoms. The van der Waals surface area contributed by atoms with E-state index < -0.39 is 6.04 Å². The Hall–Kier alpha value is -0.280. The van der Waals surface area contributed by atoms with Gasteiger partial charge >= 0.3 is 0 Å². The second kappa shape index (κ2) is 6.33. The first-order valence-corrected chi connectivity index (χ1v) is 5.61. The topological polar surface area (TPSA) is 55.1 Å². The predicted molar refractivity (Wildman–Crippen MR) is 65.1 cm³/mol. The molecule has 90 valence electrons. The molecule has 1 fully saturated rings. The molecule has 4 heteroatoms. The molecular formula is C11H23ClN2O. The van der Waals surface area contributed by atoms with Gasteiger partial charge in [0.05, 0.1) is 6.04 Å². The lowest BCUT2D eigenvalue weighted by Gasteiger charge is -2.30. The van der Waals surface area contributed by atoms with Crippen LogP contribution in [0.15, 0.2) is 0 Å². The number of rotatable bonds is 2. The van der Waals surface area contributed by atoms with Crippen molar-refractivity contribution in [1.82, 2.24) is 5.32 Å². The van der Waals surface area contributed by atoms with E-state index in [0.29, 0.717) is 0 Å². The second-order valence-corrected chi connectivity index (χ2v) is 4.75. The van der Waals surface area contributed by atoms with Crippen molar-refractivity contribution in [2.24, 2.45) is 5.73 Å². The number of carbonyl (C=O) groups is 1. The summed E-state index contributed by atoms with van der Waals surface area (Å²) in [6.45, 7) is 3.87. The van der Waals surface area contributed by atoms with Crippen molar-refractivity contribution in [3.8, 4) is 0 Å². The van der Waals surface area contributed by atoms with E-state index in [9.17, 15) is 4.79 Å². The summed E-state index contributed by atoms with van der Waals surface area (Å²) in [5.41, 5.74) is 5.53. The molecule has 1 aliphatic rings. The van der Waals surface area contributed by atoms with Crippen molar-refractivity contribution in [2.45, 2.75) is 64.0 Å². The molecule has 0 heterocycles. The van der Waals surface area contributed by atoms with Gasteiger partial charge in [0.1, 0.15) is 0 Å². The number of nitrogens with one attached hydrogen (secondary N) is 1. The Morgan fingerprint density at radius 1 is 1.27 bits per heavy atom. The first-order chi connectivity index (χ1) is 6.53. The second-order valence-electron chi connectivity index (χ2n) is 4.75. The summed E-state index contributed by atoms with van der Waals surface area (Å²) in [5.74, 6) is -0.0191. The highest BCUT2D eigenvalue weighted by molar-refractivity contribution is 5.85. The maximum absolute atomic E-state index is 11.5. The Labute approximate surface area is 98.6 Å². The molecule has 1 saturated carbocycles. The molecular weight excluding hydrogens is 212 g/mol. The van der Waals surface area contributed by atoms with Crippen molar-refractivity contribution in [1.29, 1.82) is 0 Å². The highest BCUT2D eigenvalue weighted by Gasteiger charge is 2.27. The number of nitrogens with two attached hydrogens (primary N) is 1. The van der Waals surface area contributed by atoms with E-state index in [-0.39, 0.29) is 23.9 Å². The predicted octanol–water partition coefficient (Wildman–Crippen LogP) is 1.98. The Bertz CT molecular complexity index is 199. The Morgan fingerprint density at radius 3 is 2.13 bits per heavy atom. The number of amides is 1. The third-order valence-corrected chi connectivity index (χ3v) is 3.05. The third kappa shape index (κ3) is 4.85. The molecule has 0 radical (unpaired) electrons. The van der Waals surface area contributed by atoms with Gasteiger partial charge in [-0.3, -0.25) is 4.79 Å². The monoisotopic (exact) mass is 234 g/mol. The van der Waals surface area contributed by atoms with E-state index in [1.165, 1.54) is 25.7 Å². The van der Waals surface area contributed by atoms with Gasteiger partial charge in [0.15, 0.2) is 0 Å². The van der Waals surface area contributed by atoms with E-state index in [4.69, 9.17) is 5.73 Å². The molecule has 1 aliphatic carbocycles. The van der Waals surface area contributed by atoms with Crippen molar-refractivity contribution < 1.29 is 4.79 Å². The summed E-state index contributed by atoms with van der Waals surface area (Å²) < 4.78 is 0. The van der Waals surface area contributed by atoms with Crippen LogP contribution in [-0.4, -0.2) is 17.5 Å². The normalized spacial score (nSPS) is 22.1. The molecule has 0 saturated heterocycles. The zero-order valence-electron chi connectivity index (χ0n) is 9.71. The quantitative estimate of drug-likeness (QED) is 0.718. The zero-order valence-corrected chi connectivity index (χ0v) is 10.5. The van der Waals surface area contributed by atoms with Crippen LogP contribution in [-0.2, 0) is 4.79 Å². The van der Waals surface area contributed by atoms with Gasteiger partial charge in [-0.25, -0.2) is 0 Å². The van der Waals surface area contributed by atoms with Gasteiger partial charge in [-0.2, -0.15) is 0 Å². The minimum Gasteiger partial charge on any atom is -0.350 e. The van der Waals surface area contributed by atoms with Gasteiger partial charge in [-0.05, 0) is 26.7 Å². The summed E-state index contributed by atoms with van der Waals surface area (Å²) >= 11 is 0. The summed E-state index contributed by atoms with van der Waals surface area (Å²) in [6.07, 6.45) is 7.20. The van der Waals surface area contributed by atoms with Crippen LogP contribution in [0.25, 0.3) is 0 Å². The highest BCUT2D eigenvalue weighted by atomic mass is 35.5. The molecule has 0 aliphatic heterocycles. The molecule has 1 atom stereocenters. The molecule has 0 aromatic carbocycles. The van der Waals surface area contributed by atoms with Crippen molar-refractivity contribution in [2.75, 3.05) is 0 Å². The van der Waals surface area contributed by atoms with Crippen molar-refractivity contribution in [3.05, 3.63) is 0 Å². The fourth-order valence-corrected chi connectivity index (χ4v) is 2.05. The standard InChI is InChI=1S/C11H22N2O.ClH/c1-9(12)10(14)13-11(2)7-5-3-4-6-8-11;/h9H,3-8,12H2,1-2H3,(H,13,14);1H/t9-;/m0./s1. The molecule has 0 aromatic heterocycles. The Balaban J connectivity index is 0.00000196. The van der Waals surface area contributed by atoms with Gasteiger partial charge < -0.3 is 11.1 Å². The SMILES string of the molecule is C[C@H](N)C(=O)NC1(C)CCCCCC1.Cl. The van der Waals surface area contributed by atoms with Gasteiger partial charge in [0, 0.05) is 5.54 Å². The van der Waals surface area contributed by atoms with Gasteiger partial charge in [0.25, 0.3) is 0 Å². The zero-order chi connectivity index (χ0) is 10.6. The lowest BCUT2D eigenvalue weighted by Crippen LogP contribution is -2.50. The lowest BCUT2D eigenvalue weighted by atomic mass is 9.92. The number of hydrogen-bond acceptors (Lipinski definition) is 2. The maximum atomic E-state index is 11.5. The largest absolute Gasteiger partial charge is 0.350 e. The van der Waals surface area contributed by atoms with Crippen LogP contribution < -0.4 is 11.1 Å². The molecule has 3 nitrogen and oxygen atoms in total. The van der Waals surface area contributed by atoms with Crippen LogP contribution in [0.3, 0.4) is 0 Å². The van der Waals surface area contributed by atoms with E-state index >= 15 is 0 Å². The third-order valence-electron chi connectivity index (χ3n) is 3.05. The van der Waals surface area contributed by atoms with E-state index in [0.717, 1.165) is 12.8 Å². The van der Waals surface area contributed by atoms with Crippen LogP contribution in [0.2, 0.25) is 0 Å². The summed E-state index contributed by atoms with van der Waals surface area (Å²) in [7, 11) is 0. The fraction of sp³-hybridized carbons (Fsp3) is 0.909. The van der Waals surface area contributed by atoms with E-state index in [1.54, 1.807) is 6.92 Å². The lowest BCUT2D eigenvalue weighted by molar-refractivity contribution is -0.123. The maximum Gasteiger partial charge on any atom is 0.237 e. The first kappa shape index (κ1) is 14.7. The minimum absolute atomic E-state index is 0. The fourth-order valence-electron chi connectivity index (χ4n) is 2.05. The van der Waals surface area contributed by atoms with Crippen LogP contribution in [0.5, 0.6) is 0 Å². The van der Waals surface area contributed by atoms with Crippen LogP contribution in [0.1, 0.15) is 52.4 Å². The van der Waals surface area contributed by atoms with Gasteiger partial charge in [-0.15, -0.1) is 12.4 Å².